The number of benzene rings is 2. The van der Waals surface area contributed by atoms with Crippen LogP contribution in [-0.2, 0) is 33.8 Å². The van der Waals surface area contributed by atoms with Gasteiger partial charge in [0.1, 0.15) is 0 Å². The number of methoxy groups -OCH3 is 1. The SMILES string of the molecule is COC(=O)Cc1ccc(CO)c(-n2c(C)cc(CC3C(=O)N(c4ccc(C(=O)O)cc4)N=C3C)c2C)c1. The molecule has 0 aliphatic carbocycles. The molecule has 2 heterocycles. The first-order valence-electron chi connectivity index (χ1n) is 11.8. The average molecular weight is 504 g/mol. The molecule has 0 saturated heterocycles. The van der Waals surface area contributed by atoms with E-state index in [-0.39, 0.29) is 30.5 Å². The van der Waals surface area contributed by atoms with Gasteiger partial charge in [0.25, 0.3) is 5.91 Å². The minimum atomic E-state index is -1.03. The normalized spacial score (nSPS) is 15.2. The molecular formula is C28H29N3O6. The summed E-state index contributed by atoms with van der Waals surface area (Å²) in [5.74, 6) is -2.02. The van der Waals surface area contributed by atoms with Gasteiger partial charge in [-0.3, -0.25) is 9.59 Å². The van der Waals surface area contributed by atoms with Crippen molar-refractivity contribution in [2.75, 3.05) is 12.1 Å². The van der Waals surface area contributed by atoms with Gasteiger partial charge in [0.2, 0.25) is 0 Å². The molecule has 1 aromatic heterocycles. The van der Waals surface area contributed by atoms with Crippen LogP contribution in [0.15, 0.2) is 53.6 Å². The lowest BCUT2D eigenvalue weighted by molar-refractivity contribution is -0.139. The van der Waals surface area contributed by atoms with Crippen LogP contribution < -0.4 is 5.01 Å². The second kappa shape index (κ2) is 10.4. The maximum atomic E-state index is 13.3. The topological polar surface area (TPSA) is 121 Å². The molecule has 1 unspecified atom stereocenters. The number of carbonyl (C=O) groups excluding carboxylic acids is 2. The number of hydrazone groups is 1. The van der Waals surface area contributed by atoms with Gasteiger partial charge in [-0.2, -0.15) is 5.10 Å². The third kappa shape index (κ3) is 5.03. The lowest BCUT2D eigenvalue weighted by Crippen LogP contribution is -2.28. The molecule has 0 fully saturated rings. The molecule has 2 N–H and O–H groups in total. The van der Waals surface area contributed by atoms with Crippen LogP contribution in [0.4, 0.5) is 5.69 Å². The number of carbonyl (C=O) groups is 3. The number of carboxylic acid groups (broad SMARTS) is 1. The molecule has 1 amide bonds. The van der Waals surface area contributed by atoms with E-state index in [0.717, 1.165) is 28.2 Å². The Balaban J connectivity index is 1.62. The highest BCUT2D eigenvalue weighted by molar-refractivity contribution is 6.15. The minimum Gasteiger partial charge on any atom is -0.478 e. The molecule has 9 nitrogen and oxygen atoms in total. The van der Waals surface area contributed by atoms with Crippen LogP contribution in [-0.4, -0.2) is 45.4 Å². The first kappa shape index (κ1) is 25.8. The van der Waals surface area contributed by atoms with E-state index < -0.39 is 11.9 Å². The van der Waals surface area contributed by atoms with E-state index in [4.69, 9.17) is 9.84 Å². The molecule has 0 radical (unpaired) electrons. The zero-order chi connectivity index (χ0) is 26.9. The van der Waals surface area contributed by atoms with Crippen molar-refractivity contribution in [3.8, 4) is 5.69 Å². The fourth-order valence-corrected chi connectivity index (χ4v) is 4.69. The molecule has 0 bridgehead atoms. The quantitative estimate of drug-likeness (QED) is 0.453. The molecule has 3 aromatic rings. The number of esters is 1. The van der Waals surface area contributed by atoms with E-state index in [1.54, 1.807) is 24.3 Å². The summed E-state index contributed by atoms with van der Waals surface area (Å²) >= 11 is 0. The number of rotatable bonds is 8. The van der Waals surface area contributed by atoms with Gasteiger partial charge in [-0.1, -0.05) is 12.1 Å². The molecule has 1 aliphatic heterocycles. The second-order valence-corrected chi connectivity index (χ2v) is 9.11. The molecule has 37 heavy (non-hydrogen) atoms. The lowest BCUT2D eigenvalue weighted by Gasteiger charge is -2.17. The Hall–Kier alpha value is -4.24. The van der Waals surface area contributed by atoms with E-state index in [2.05, 4.69) is 5.10 Å². The highest BCUT2D eigenvalue weighted by Crippen LogP contribution is 2.30. The van der Waals surface area contributed by atoms with Gasteiger partial charge in [-0.15, -0.1) is 0 Å². The molecular weight excluding hydrogens is 474 g/mol. The number of amides is 1. The van der Waals surface area contributed by atoms with Gasteiger partial charge in [-0.05, 0) is 74.7 Å². The van der Waals surface area contributed by atoms with Crippen LogP contribution in [0, 0.1) is 19.8 Å². The molecule has 192 valence electrons. The highest BCUT2D eigenvalue weighted by atomic mass is 16.5. The van der Waals surface area contributed by atoms with Gasteiger partial charge >= 0.3 is 11.9 Å². The Kier molecular flexibility index (Phi) is 7.26. The number of aliphatic hydroxyl groups excluding tert-OH is 1. The maximum Gasteiger partial charge on any atom is 0.335 e. The zero-order valence-electron chi connectivity index (χ0n) is 21.2. The lowest BCUT2D eigenvalue weighted by atomic mass is 9.95. The summed E-state index contributed by atoms with van der Waals surface area (Å²) in [6.07, 6.45) is 0.560. The van der Waals surface area contributed by atoms with E-state index in [9.17, 15) is 19.5 Å². The number of aryl methyl sites for hydroxylation is 1. The molecule has 1 aliphatic rings. The molecule has 2 aromatic carbocycles. The molecule has 9 heteroatoms. The van der Waals surface area contributed by atoms with Crippen molar-refractivity contribution >= 4 is 29.2 Å². The van der Waals surface area contributed by atoms with Gasteiger partial charge in [-0.25, -0.2) is 9.80 Å². The van der Waals surface area contributed by atoms with Crippen LogP contribution in [0.3, 0.4) is 0 Å². The Morgan fingerprint density at radius 3 is 2.35 bits per heavy atom. The summed E-state index contributed by atoms with van der Waals surface area (Å²) < 4.78 is 6.81. The number of hydrogen-bond donors (Lipinski definition) is 2. The van der Waals surface area contributed by atoms with Crippen LogP contribution in [0.2, 0.25) is 0 Å². The number of hydrogen-bond acceptors (Lipinski definition) is 6. The monoisotopic (exact) mass is 503 g/mol. The third-order valence-corrected chi connectivity index (χ3v) is 6.72. The predicted octanol–water partition coefficient (Wildman–Crippen LogP) is 3.58. The minimum absolute atomic E-state index is 0.122. The number of aromatic nitrogens is 1. The number of ether oxygens (including phenoxy) is 1. The van der Waals surface area contributed by atoms with Crippen LogP contribution in [0.25, 0.3) is 5.69 Å². The fraction of sp³-hybridized carbons (Fsp3) is 0.286. The van der Waals surface area contributed by atoms with E-state index in [1.165, 1.54) is 24.3 Å². The smallest absolute Gasteiger partial charge is 0.335 e. The first-order chi connectivity index (χ1) is 17.6. The summed E-state index contributed by atoms with van der Waals surface area (Å²) in [5.41, 5.74) is 6.40. The number of aromatic carboxylic acids is 1. The standard InChI is InChI=1S/C28H29N3O6/c1-16-11-22(18(3)30(16)25-12-19(13-26(33)37-4)5-6-21(25)15-32)14-24-17(2)29-31(27(24)34)23-9-7-20(8-10-23)28(35)36/h5-12,24,32H,13-15H2,1-4H3,(H,35,36). The Morgan fingerprint density at radius 2 is 1.73 bits per heavy atom. The largest absolute Gasteiger partial charge is 0.478 e. The zero-order valence-corrected chi connectivity index (χ0v) is 21.2. The molecule has 0 spiro atoms. The van der Waals surface area contributed by atoms with E-state index in [0.29, 0.717) is 23.4 Å². The maximum absolute atomic E-state index is 13.3. The van der Waals surface area contributed by atoms with Crippen molar-refractivity contribution in [1.29, 1.82) is 0 Å². The van der Waals surface area contributed by atoms with Crippen molar-refractivity contribution in [3.63, 3.8) is 0 Å². The summed E-state index contributed by atoms with van der Waals surface area (Å²) in [5, 5.41) is 24.9. The molecule has 4 rings (SSSR count). The van der Waals surface area contributed by atoms with Crippen molar-refractivity contribution < 1.29 is 29.3 Å². The highest BCUT2D eigenvalue weighted by Gasteiger charge is 2.35. The van der Waals surface area contributed by atoms with Gasteiger partial charge in [0.15, 0.2) is 0 Å². The van der Waals surface area contributed by atoms with Gasteiger partial charge in [0.05, 0.1) is 43.0 Å². The number of anilines is 1. The van der Waals surface area contributed by atoms with Crippen molar-refractivity contribution in [2.45, 2.75) is 40.2 Å². The number of carboxylic acids is 1. The summed E-state index contributed by atoms with van der Waals surface area (Å²) in [6, 6.07) is 13.5. The summed E-state index contributed by atoms with van der Waals surface area (Å²) in [6.45, 7) is 5.57. The van der Waals surface area contributed by atoms with Crippen LogP contribution in [0.5, 0.6) is 0 Å². The van der Waals surface area contributed by atoms with Gasteiger partial charge < -0.3 is 19.5 Å². The second-order valence-electron chi connectivity index (χ2n) is 9.11. The first-order valence-corrected chi connectivity index (χ1v) is 11.8. The van der Waals surface area contributed by atoms with Crippen molar-refractivity contribution in [3.05, 3.63) is 82.2 Å². The van der Waals surface area contributed by atoms with Crippen molar-refractivity contribution in [2.24, 2.45) is 11.0 Å². The Labute approximate surface area is 214 Å². The molecule has 1 atom stereocenters. The number of aliphatic hydroxyl groups is 1. The Bertz CT molecular complexity index is 1400. The van der Waals surface area contributed by atoms with E-state index in [1.807, 2.05) is 37.5 Å². The average Bonchev–Trinajstić information content (AvgIpc) is 3.32. The van der Waals surface area contributed by atoms with Crippen LogP contribution in [0.1, 0.15) is 45.4 Å². The predicted molar refractivity (Wildman–Crippen MR) is 138 cm³/mol. The van der Waals surface area contributed by atoms with E-state index >= 15 is 0 Å². The number of nitrogens with zero attached hydrogens (tertiary/aromatic N) is 3. The Morgan fingerprint density at radius 1 is 1.03 bits per heavy atom. The summed E-state index contributed by atoms with van der Waals surface area (Å²) in [4.78, 5) is 36.2. The van der Waals surface area contributed by atoms with Crippen molar-refractivity contribution in [1.82, 2.24) is 4.57 Å². The third-order valence-electron chi connectivity index (χ3n) is 6.72. The fourth-order valence-electron chi connectivity index (χ4n) is 4.69. The molecule has 0 saturated carbocycles. The van der Waals surface area contributed by atoms with Gasteiger partial charge in [0, 0.05) is 22.7 Å². The van der Waals surface area contributed by atoms with Crippen LogP contribution >= 0.6 is 0 Å². The summed E-state index contributed by atoms with van der Waals surface area (Å²) in [7, 11) is 1.35.